The number of aryl methyl sites for hydroxylation is 1. The number of aromatic hydroxyl groups is 2. The topological polar surface area (TPSA) is 106 Å². The van der Waals surface area contributed by atoms with Crippen LogP contribution in [0.25, 0.3) is 21.9 Å². The summed E-state index contributed by atoms with van der Waals surface area (Å²) in [5.74, 6) is 1.56. The van der Waals surface area contributed by atoms with Crippen LogP contribution in [0.4, 0.5) is 5.82 Å². The molecule has 4 rings (SSSR count). The molecule has 2 aromatic heterocycles. The van der Waals surface area contributed by atoms with Crippen LogP contribution in [-0.2, 0) is 23.1 Å². The zero-order chi connectivity index (χ0) is 27.3. The molecule has 0 aliphatic rings. The van der Waals surface area contributed by atoms with E-state index in [-0.39, 0.29) is 16.9 Å². The Morgan fingerprint density at radius 2 is 1.71 bits per heavy atom. The fraction of sp³-hybridized carbons (Fsp3) is 0.484. The van der Waals surface area contributed by atoms with E-state index in [9.17, 15) is 10.2 Å². The van der Waals surface area contributed by atoms with Crippen LogP contribution < -0.4 is 5.73 Å². The number of nitrogens with two attached hydrogens (primary N) is 1. The summed E-state index contributed by atoms with van der Waals surface area (Å²) in [6.45, 7) is 10.8. The van der Waals surface area contributed by atoms with Gasteiger partial charge in [0.15, 0.2) is 5.82 Å². The normalized spacial score (nSPS) is 12.1. The second kappa shape index (κ2) is 12.0. The number of nitrogens with zero attached hydrogens (tertiary/aromatic N) is 3. The molecule has 7 heteroatoms. The van der Waals surface area contributed by atoms with E-state index in [1.54, 1.807) is 6.07 Å². The van der Waals surface area contributed by atoms with Crippen LogP contribution >= 0.6 is 0 Å². The van der Waals surface area contributed by atoms with Gasteiger partial charge in [0.2, 0.25) is 0 Å². The van der Waals surface area contributed by atoms with Crippen molar-refractivity contribution >= 4 is 27.8 Å². The Labute approximate surface area is 225 Å². The Kier molecular flexibility index (Phi) is 8.77. The lowest BCUT2D eigenvalue weighted by Gasteiger charge is -2.26. The lowest BCUT2D eigenvalue weighted by Crippen LogP contribution is -2.18. The molecule has 0 unspecified atom stereocenters. The SMILES string of the molecule is CCCCOCCCC(C)(C)c1ccc2c(c1)nc(N)c1nc(CCCC)n(Cc3cc(O)ccc3O)c12. The van der Waals surface area contributed by atoms with Gasteiger partial charge in [-0.2, -0.15) is 0 Å². The minimum Gasteiger partial charge on any atom is -0.508 e. The number of unbranched alkanes of at least 4 members (excludes halogenated alkanes) is 2. The van der Waals surface area contributed by atoms with Gasteiger partial charge in [0.05, 0.1) is 17.6 Å². The molecule has 4 aromatic rings. The maximum absolute atomic E-state index is 10.5. The van der Waals surface area contributed by atoms with E-state index in [4.69, 9.17) is 20.4 Å². The van der Waals surface area contributed by atoms with Crippen LogP contribution in [0.3, 0.4) is 0 Å². The van der Waals surface area contributed by atoms with Gasteiger partial charge >= 0.3 is 0 Å². The van der Waals surface area contributed by atoms with Gasteiger partial charge in [0, 0.05) is 30.6 Å². The smallest absolute Gasteiger partial charge is 0.152 e. The zero-order valence-electron chi connectivity index (χ0n) is 23.3. The van der Waals surface area contributed by atoms with Crippen molar-refractivity contribution < 1.29 is 14.9 Å². The number of rotatable bonds is 13. The Bertz CT molecular complexity index is 1390. The molecule has 38 heavy (non-hydrogen) atoms. The van der Waals surface area contributed by atoms with Gasteiger partial charge in [-0.1, -0.05) is 52.7 Å². The fourth-order valence-electron chi connectivity index (χ4n) is 5.05. The van der Waals surface area contributed by atoms with Gasteiger partial charge in [-0.05, 0) is 60.9 Å². The lowest BCUT2D eigenvalue weighted by molar-refractivity contribution is 0.123. The standard InChI is InChI=1S/C31H42N4O3/c1-5-7-10-27-34-28-29(35(27)20-21-18-23(36)12-14-26(21)37)24-13-11-22(19-25(24)33-30(28)32)31(3,4)15-9-17-38-16-8-6-2/h11-14,18-19,36-37H,5-10,15-17,20H2,1-4H3,(H2,32,33). The zero-order valence-corrected chi connectivity index (χ0v) is 23.3. The molecular weight excluding hydrogens is 476 g/mol. The molecule has 0 amide bonds. The second-order valence-electron chi connectivity index (χ2n) is 10.9. The number of imidazole rings is 1. The monoisotopic (exact) mass is 518 g/mol. The van der Waals surface area contributed by atoms with E-state index in [0.29, 0.717) is 23.4 Å². The molecule has 0 atom stereocenters. The highest BCUT2D eigenvalue weighted by atomic mass is 16.5. The number of phenols is 2. The Morgan fingerprint density at radius 3 is 2.47 bits per heavy atom. The highest BCUT2D eigenvalue weighted by Crippen LogP contribution is 2.35. The first-order valence-electron chi connectivity index (χ1n) is 13.9. The van der Waals surface area contributed by atoms with E-state index < -0.39 is 0 Å². The number of anilines is 1. The third-order valence-electron chi connectivity index (χ3n) is 7.44. The predicted molar refractivity (Wildman–Crippen MR) is 155 cm³/mol. The molecule has 4 N–H and O–H groups in total. The molecule has 0 saturated carbocycles. The molecule has 0 aliphatic heterocycles. The van der Waals surface area contributed by atoms with E-state index >= 15 is 0 Å². The first-order chi connectivity index (χ1) is 18.2. The van der Waals surface area contributed by atoms with Gasteiger partial charge in [-0.25, -0.2) is 9.97 Å². The van der Waals surface area contributed by atoms with E-state index in [0.717, 1.165) is 80.4 Å². The third-order valence-corrected chi connectivity index (χ3v) is 7.44. The number of phenolic OH excluding ortho intramolecular Hbond substituents is 2. The van der Waals surface area contributed by atoms with Gasteiger partial charge < -0.3 is 25.3 Å². The van der Waals surface area contributed by atoms with Crippen LogP contribution in [0, 0.1) is 0 Å². The fourth-order valence-corrected chi connectivity index (χ4v) is 5.05. The number of benzene rings is 2. The number of ether oxygens (including phenoxy) is 1. The largest absolute Gasteiger partial charge is 0.508 e. The quantitative estimate of drug-likeness (QED) is 0.132. The van der Waals surface area contributed by atoms with E-state index in [2.05, 4.69) is 50.5 Å². The Hall–Kier alpha value is -3.32. The van der Waals surface area contributed by atoms with Crippen molar-refractivity contribution in [3.63, 3.8) is 0 Å². The lowest BCUT2D eigenvalue weighted by atomic mass is 9.80. The first-order valence-corrected chi connectivity index (χ1v) is 13.9. The summed E-state index contributed by atoms with van der Waals surface area (Å²) >= 11 is 0. The van der Waals surface area contributed by atoms with Crippen LogP contribution in [0.1, 0.15) is 83.2 Å². The molecule has 0 radical (unpaired) electrons. The minimum atomic E-state index is -0.0341. The molecule has 7 nitrogen and oxygen atoms in total. The molecule has 0 spiro atoms. The van der Waals surface area contributed by atoms with E-state index in [1.807, 2.05) is 0 Å². The van der Waals surface area contributed by atoms with Gasteiger partial charge in [0.1, 0.15) is 22.8 Å². The molecule has 0 saturated heterocycles. The van der Waals surface area contributed by atoms with Crippen molar-refractivity contribution in [1.82, 2.24) is 14.5 Å². The summed E-state index contributed by atoms with van der Waals surface area (Å²) < 4.78 is 7.90. The summed E-state index contributed by atoms with van der Waals surface area (Å²) in [5, 5.41) is 21.5. The van der Waals surface area contributed by atoms with Gasteiger partial charge in [-0.15, -0.1) is 0 Å². The van der Waals surface area contributed by atoms with Crippen molar-refractivity contribution in [1.29, 1.82) is 0 Å². The van der Waals surface area contributed by atoms with Gasteiger partial charge in [0.25, 0.3) is 0 Å². The molecule has 2 aromatic carbocycles. The number of aromatic nitrogens is 3. The minimum absolute atomic E-state index is 0.0341. The summed E-state index contributed by atoms with van der Waals surface area (Å²) in [5.41, 5.74) is 10.7. The highest BCUT2D eigenvalue weighted by molar-refractivity contribution is 6.06. The van der Waals surface area contributed by atoms with Crippen molar-refractivity contribution in [3.05, 3.63) is 53.3 Å². The average Bonchev–Trinajstić information content (AvgIpc) is 3.25. The van der Waals surface area contributed by atoms with Crippen molar-refractivity contribution in [2.45, 2.75) is 84.6 Å². The number of pyridine rings is 1. The number of fused-ring (bicyclic) bond motifs is 3. The van der Waals surface area contributed by atoms with Crippen LogP contribution in [-0.4, -0.2) is 38.0 Å². The van der Waals surface area contributed by atoms with Crippen molar-refractivity contribution in [3.8, 4) is 11.5 Å². The summed E-state index contributed by atoms with van der Waals surface area (Å²) in [6, 6.07) is 11.1. The molecule has 0 bridgehead atoms. The van der Waals surface area contributed by atoms with Crippen LogP contribution in [0.15, 0.2) is 36.4 Å². The van der Waals surface area contributed by atoms with Crippen LogP contribution in [0.2, 0.25) is 0 Å². The molecule has 204 valence electrons. The first kappa shape index (κ1) is 27.7. The third kappa shape index (κ3) is 6.04. The highest BCUT2D eigenvalue weighted by Gasteiger charge is 2.23. The van der Waals surface area contributed by atoms with Gasteiger partial charge in [-0.3, -0.25) is 0 Å². The number of hydrogen-bond donors (Lipinski definition) is 3. The number of nitrogen functional groups attached to an aromatic ring is 1. The maximum Gasteiger partial charge on any atom is 0.152 e. The summed E-state index contributed by atoms with van der Waals surface area (Å²) in [7, 11) is 0. The molecule has 0 aliphatic carbocycles. The van der Waals surface area contributed by atoms with Crippen molar-refractivity contribution in [2.24, 2.45) is 0 Å². The summed E-state index contributed by atoms with van der Waals surface area (Å²) in [6.07, 6.45) is 7.09. The van der Waals surface area contributed by atoms with Crippen molar-refractivity contribution in [2.75, 3.05) is 18.9 Å². The summed E-state index contributed by atoms with van der Waals surface area (Å²) in [4.78, 5) is 9.68. The molecular formula is C31H42N4O3. The molecule has 0 fully saturated rings. The predicted octanol–water partition coefficient (Wildman–Crippen LogP) is 6.84. The molecule has 2 heterocycles. The second-order valence-corrected chi connectivity index (χ2v) is 10.9. The van der Waals surface area contributed by atoms with E-state index in [1.165, 1.54) is 17.7 Å². The maximum atomic E-state index is 10.5. The average molecular weight is 519 g/mol. The Morgan fingerprint density at radius 1 is 0.947 bits per heavy atom. The number of hydrogen-bond acceptors (Lipinski definition) is 6. The van der Waals surface area contributed by atoms with Crippen LogP contribution in [0.5, 0.6) is 11.5 Å². The Balaban J connectivity index is 1.74.